The zero-order chi connectivity index (χ0) is 13.7. The molecule has 1 rings (SSSR count). The van der Waals surface area contributed by atoms with Crippen molar-refractivity contribution in [1.29, 1.82) is 5.26 Å². The first kappa shape index (κ1) is 13.8. The highest BCUT2D eigenvalue weighted by molar-refractivity contribution is 5.79. The summed E-state index contributed by atoms with van der Waals surface area (Å²) >= 11 is 0. The van der Waals surface area contributed by atoms with Crippen molar-refractivity contribution in [2.24, 2.45) is 5.92 Å². The maximum absolute atomic E-state index is 11.5. The Kier molecular flexibility index (Phi) is 4.55. The predicted molar refractivity (Wildman–Crippen MR) is 72.1 cm³/mol. The topological polar surface area (TPSA) is 82.2 Å². The molecular formula is C13H18N4O. The molecule has 0 aliphatic rings. The van der Waals surface area contributed by atoms with Crippen LogP contribution >= 0.6 is 0 Å². The number of nitrogens with two attached hydrogens (primary N) is 1. The minimum atomic E-state index is -0.148. The van der Waals surface area contributed by atoms with Crippen LogP contribution in [0.4, 0.5) is 11.4 Å². The van der Waals surface area contributed by atoms with E-state index in [1.54, 1.807) is 25.2 Å². The second kappa shape index (κ2) is 5.92. The van der Waals surface area contributed by atoms with Crippen molar-refractivity contribution in [2.45, 2.75) is 6.92 Å². The molecule has 5 nitrogen and oxygen atoms in total. The summed E-state index contributed by atoms with van der Waals surface area (Å²) in [6.45, 7) is 2.39. The number of nitrogens with zero attached hydrogens (tertiary/aromatic N) is 2. The van der Waals surface area contributed by atoms with Gasteiger partial charge in [0.2, 0.25) is 5.91 Å². The van der Waals surface area contributed by atoms with E-state index in [0.717, 1.165) is 5.69 Å². The first-order valence-electron chi connectivity index (χ1n) is 5.72. The highest BCUT2D eigenvalue weighted by Crippen LogP contribution is 2.24. The van der Waals surface area contributed by atoms with E-state index in [0.29, 0.717) is 17.8 Å². The molecule has 0 aliphatic heterocycles. The largest absolute Gasteiger partial charge is 0.397 e. The summed E-state index contributed by atoms with van der Waals surface area (Å²) in [6, 6.07) is 7.18. The van der Waals surface area contributed by atoms with Crippen molar-refractivity contribution in [3.8, 4) is 6.07 Å². The molecule has 18 heavy (non-hydrogen) atoms. The van der Waals surface area contributed by atoms with Crippen LogP contribution in [0.15, 0.2) is 18.2 Å². The summed E-state index contributed by atoms with van der Waals surface area (Å²) in [5.74, 6) is -0.165. The van der Waals surface area contributed by atoms with E-state index in [-0.39, 0.29) is 11.8 Å². The van der Waals surface area contributed by atoms with Crippen molar-refractivity contribution in [2.75, 3.05) is 31.3 Å². The van der Waals surface area contributed by atoms with Gasteiger partial charge < -0.3 is 16.0 Å². The molecule has 1 aromatic rings. The van der Waals surface area contributed by atoms with E-state index in [2.05, 4.69) is 11.4 Å². The maximum atomic E-state index is 11.5. The SMILES string of the molecule is CNC(=O)C(C)CN(C)c1cc(C#N)ccc1N. The second-order valence-corrected chi connectivity index (χ2v) is 4.28. The third-order valence-electron chi connectivity index (χ3n) is 2.81. The second-order valence-electron chi connectivity index (χ2n) is 4.28. The van der Waals surface area contributed by atoms with Gasteiger partial charge in [-0.15, -0.1) is 0 Å². The number of hydrogen-bond donors (Lipinski definition) is 2. The molecule has 0 spiro atoms. The summed E-state index contributed by atoms with van der Waals surface area (Å²) in [5, 5.41) is 11.5. The third-order valence-corrected chi connectivity index (χ3v) is 2.81. The number of nitrogens with one attached hydrogen (secondary N) is 1. The van der Waals surface area contributed by atoms with E-state index in [4.69, 9.17) is 11.0 Å². The zero-order valence-corrected chi connectivity index (χ0v) is 10.9. The first-order valence-corrected chi connectivity index (χ1v) is 5.72. The standard InChI is InChI=1S/C13H18N4O/c1-9(13(18)16-2)8-17(3)12-6-10(7-14)4-5-11(12)15/h4-6,9H,8,15H2,1-3H3,(H,16,18). The molecule has 5 heteroatoms. The smallest absolute Gasteiger partial charge is 0.224 e. The minimum absolute atomic E-state index is 0.0168. The molecule has 0 heterocycles. The van der Waals surface area contributed by atoms with E-state index in [1.807, 2.05) is 18.9 Å². The van der Waals surface area contributed by atoms with Crippen molar-refractivity contribution in [3.63, 3.8) is 0 Å². The van der Waals surface area contributed by atoms with Crippen LogP contribution in [0.5, 0.6) is 0 Å². The van der Waals surface area contributed by atoms with Crippen molar-refractivity contribution >= 4 is 17.3 Å². The van der Waals surface area contributed by atoms with Gasteiger partial charge >= 0.3 is 0 Å². The number of carbonyl (C=O) groups excluding carboxylic acids is 1. The highest BCUT2D eigenvalue weighted by Gasteiger charge is 2.15. The van der Waals surface area contributed by atoms with Crippen LogP contribution in [0.1, 0.15) is 12.5 Å². The molecule has 0 aromatic heterocycles. The van der Waals surface area contributed by atoms with E-state index >= 15 is 0 Å². The third kappa shape index (κ3) is 3.14. The number of rotatable bonds is 4. The van der Waals surface area contributed by atoms with Crippen molar-refractivity contribution in [3.05, 3.63) is 23.8 Å². The first-order chi connectivity index (χ1) is 8.49. The highest BCUT2D eigenvalue weighted by atomic mass is 16.1. The molecule has 1 aromatic carbocycles. The van der Waals surface area contributed by atoms with E-state index in [1.165, 1.54) is 0 Å². The van der Waals surface area contributed by atoms with Gasteiger partial charge in [0.15, 0.2) is 0 Å². The molecule has 0 radical (unpaired) electrons. The van der Waals surface area contributed by atoms with Gasteiger partial charge in [-0.1, -0.05) is 6.92 Å². The molecule has 96 valence electrons. The molecule has 0 fully saturated rings. The Morgan fingerprint density at radius 1 is 1.61 bits per heavy atom. The number of nitriles is 1. The van der Waals surface area contributed by atoms with Crippen LogP contribution in [-0.4, -0.2) is 26.5 Å². The lowest BCUT2D eigenvalue weighted by atomic mass is 10.1. The lowest BCUT2D eigenvalue weighted by Gasteiger charge is -2.24. The van der Waals surface area contributed by atoms with Crippen LogP contribution in [-0.2, 0) is 4.79 Å². The number of nitrogen functional groups attached to an aromatic ring is 1. The fraction of sp³-hybridized carbons (Fsp3) is 0.385. The number of hydrogen-bond acceptors (Lipinski definition) is 4. The number of benzene rings is 1. The van der Waals surface area contributed by atoms with E-state index in [9.17, 15) is 4.79 Å². The summed E-state index contributed by atoms with van der Waals surface area (Å²) in [7, 11) is 3.47. The lowest BCUT2D eigenvalue weighted by Crippen LogP contribution is -2.34. The van der Waals surface area contributed by atoms with E-state index < -0.39 is 0 Å². The Balaban J connectivity index is 2.87. The Bertz CT molecular complexity index is 478. The molecular weight excluding hydrogens is 228 g/mol. The Morgan fingerprint density at radius 3 is 2.83 bits per heavy atom. The lowest BCUT2D eigenvalue weighted by molar-refractivity contribution is -0.123. The van der Waals surface area contributed by atoms with Gasteiger partial charge in [0.1, 0.15) is 0 Å². The molecule has 1 amide bonds. The summed E-state index contributed by atoms with van der Waals surface area (Å²) in [5.41, 5.74) is 7.80. The monoisotopic (exact) mass is 246 g/mol. The fourth-order valence-electron chi connectivity index (χ4n) is 1.78. The number of carbonyl (C=O) groups is 1. The quantitative estimate of drug-likeness (QED) is 0.775. The summed E-state index contributed by atoms with van der Waals surface area (Å²) < 4.78 is 0. The normalized spacial score (nSPS) is 11.4. The van der Waals surface area contributed by atoms with Crippen LogP contribution in [0.25, 0.3) is 0 Å². The van der Waals surface area contributed by atoms with Crippen molar-refractivity contribution in [1.82, 2.24) is 5.32 Å². The van der Waals surface area contributed by atoms with Crippen LogP contribution < -0.4 is 16.0 Å². The fourth-order valence-corrected chi connectivity index (χ4v) is 1.78. The molecule has 1 unspecified atom stereocenters. The van der Waals surface area contributed by atoms with Crippen LogP contribution in [0.2, 0.25) is 0 Å². The Labute approximate surface area is 107 Å². The maximum Gasteiger partial charge on any atom is 0.224 e. The summed E-state index contributed by atoms with van der Waals surface area (Å²) in [4.78, 5) is 13.4. The Morgan fingerprint density at radius 2 is 2.28 bits per heavy atom. The average Bonchev–Trinajstić information content (AvgIpc) is 2.38. The summed E-state index contributed by atoms with van der Waals surface area (Å²) in [6.07, 6.45) is 0. The molecule has 0 saturated heterocycles. The van der Waals surface area contributed by atoms with Gasteiger partial charge in [-0.25, -0.2) is 0 Å². The zero-order valence-electron chi connectivity index (χ0n) is 10.9. The van der Waals surface area contributed by atoms with Gasteiger partial charge in [-0.2, -0.15) is 5.26 Å². The van der Waals surface area contributed by atoms with Gasteiger partial charge in [0, 0.05) is 20.6 Å². The average molecular weight is 246 g/mol. The van der Waals surface area contributed by atoms with Crippen LogP contribution in [0.3, 0.4) is 0 Å². The van der Waals surface area contributed by atoms with Gasteiger partial charge in [0.25, 0.3) is 0 Å². The molecule has 0 saturated carbocycles. The molecule has 3 N–H and O–H groups in total. The molecule has 0 bridgehead atoms. The molecule has 0 aliphatic carbocycles. The Hall–Kier alpha value is -2.22. The van der Waals surface area contributed by atoms with Crippen LogP contribution in [0, 0.1) is 17.2 Å². The number of amides is 1. The molecule has 1 atom stereocenters. The predicted octanol–water partition coefficient (Wildman–Crippen LogP) is 0.959. The van der Waals surface area contributed by atoms with Gasteiger partial charge in [0.05, 0.1) is 28.9 Å². The van der Waals surface area contributed by atoms with Crippen molar-refractivity contribution < 1.29 is 4.79 Å². The number of anilines is 2. The van der Waals surface area contributed by atoms with Gasteiger partial charge in [-0.05, 0) is 18.2 Å². The van der Waals surface area contributed by atoms with Gasteiger partial charge in [-0.3, -0.25) is 4.79 Å². The minimum Gasteiger partial charge on any atom is -0.397 e.